The molecule has 0 radical (unpaired) electrons. The summed E-state index contributed by atoms with van der Waals surface area (Å²) in [5.74, 6) is 1.68. The van der Waals surface area contributed by atoms with Crippen molar-refractivity contribution in [1.29, 1.82) is 0 Å². The molecule has 0 aromatic carbocycles. The van der Waals surface area contributed by atoms with Crippen molar-refractivity contribution in [2.24, 2.45) is 11.8 Å². The molecule has 0 bridgehead atoms. The van der Waals surface area contributed by atoms with Crippen LogP contribution < -0.4 is 5.56 Å². The van der Waals surface area contributed by atoms with E-state index in [1.807, 2.05) is 36.2 Å². The fourth-order valence-corrected chi connectivity index (χ4v) is 8.00. The average molecular weight is 524 g/mol. The van der Waals surface area contributed by atoms with Crippen LogP contribution in [0.4, 0.5) is 0 Å². The Hall–Kier alpha value is -1.96. The SMILES string of the molecule is Cc1cc(C)c(CN2CCc3sc(CC4CCC(N5CC(OCC6CC6)C5)CC4)c(C)c3C2=O)c(=O)[nH]1. The first-order chi connectivity index (χ1) is 17.9. The van der Waals surface area contributed by atoms with E-state index in [1.165, 1.54) is 53.8 Å². The van der Waals surface area contributed by atoms with Gasteiger partial charge in [-0.1, -0.05) is 0 Å². The largest absolute Gasteiger partial charge is 0.375 e. The molecule has 7 heteroatoms. The van der Waals surface area contributed by atoms with Crippen molar-refractivity contribution in [3.8, 4) is 0 Å². The third-order valence-electron chi connectivity index (χ3n) is 9.22. The Morgan fingerprint density at radius 3 is 2.46 bits per heavy atom. The van der Waals surface area contributed by atoms with Crippen molar-refractivity contribution in [2.75, 3.05) is 26.2 Å². The molecule has 0 atom stereocenters. The Kier molecular flexibility index (Phi) is 7.06. The maximum Gasteiger partial charge on any atom is 0.255 e. The van der Waals surface area contributed by atoms with Crippen molar-refractivity contribution in [3.63, 3.8) is 0 Å². The number of aromatic nitrogens is 1. The molecule has 2 aromatic rings. The van der Waals surface area contributed by atoms with Gasteiger partial charge in [0, 0.05) is 59.7 Å². The van der Waals surface area contributed by atoms with Gasteiger partial charge in [-0.05, 0) is 94.7 Å². The molecule has 2 saturated carbocycles. The van der Waals surface area contributed by atoms with Crippen molar-refractivity contribution < 1.29 is 9.53 Å². The summed E-state index contributed by atoms with van der Waals surface area (Å²) in [7, 11) is 0. The van der Waals surface area contributed by atoms with Crippen LogP contribution in [0.5, 0.6) is 0 Å². The molecule has 0 unspecified atom stereocenters. The van der Waals surface area contributed by atoms with E-state index in [9.17, 15) is 9.59 Å². The second kappa shape index (κ2) is 10.3. The highest BCUT2D eigenvalue weighted by Gasteiger charge is 2.37. The Bertz CT molecular complexity index is 1220. The summed E-state index contributed by atoms with van der Waals surface area (Å²) < 4.78 is 6.05. The fourth-order valence-electron chi connectivity index (χ4n) is 6.60. The lowest BCUT2D eigenvalue weighted by Gasteiger charge is -2.46. The number of thiophene rings is 1. The summed E-state index contributed by atoms with van der Waals surface area (Å²) in [5, 5.41) is 0. The fraction of sp³-hybridized carbons (Fsp3) is 0.667. The molecule has 1 amide bonds. The van der Waals surface area contributed by atoms with Gasteiger partial charge in [0.2, 0.25) is 0 Å². The van der Waals surface area contributed by atoms with E-state index in [2.05, 4.69) is 16.8 Å². The molecule has 200 valence electrons. The quantitative estimate of drug-likeness (QED) is 0.541. The lowest BCUT2D eigenvalue weighted by atomic mass is 9.81. The van der Waals surface area contributed by atoms with Crippen LogP contribution in [0.3, 0.4) is 0 Å². The number of carbonyl (C=O) groups is 1. The van der Waals surface area contributed by atoms with Gasteiger partial charge in [-0.15, -0.1) is 11.3 Å². The van der Waals surface area contributed by atoms with Crippen molar-refractivity contribution in [3.05, 3.63) is 54.1 Å². The first-order valence-corrected chi connectivity index (χ1v) is 15.1. The zero-order chi connectivity index (χ0) is 25.7. The maximum atomic E-state index is 13.5. The minimum atomic E-state index is -0.0750. The van der Waals surface area contributed by atoms with E-state index in [4.69, 9.17) is 4.74 Å². The number of carbonyl (C=O) groups excluding carboxylic acids is 1. The van der Waals surface area contributed by atoms with Crippen LogP contribution in [0.25, 0.3) is 0 Å². The standard InChI is InChI=1S/C30H41N3O3S/c1-18-12-19(2)31-29(34)25(18)16-32-11-10-26-28(30(32)35)20(3)27(37-26)13-21-6-8-23(9-7-21)33-14-24(15-33)36-17-22-4-5-22/h12,21-24H,4-11,13-17H2,1-3H3,(H,31,34). The maximum absolute atomic E-state index is 13.5. The summed E-state index contributed by atoms with van der Waals surface area (Å²) in [6, 6.07) is 2.72. The van der Waals surface area contributed by atoms with Gasteiger partial charge in [-0.25, -0.2) is 0 Å². The number of aromatic amines is 1. The van der Waals surface area contributed by atoms with Crippen LogP contribution in [0.1, 0.15) is 81.0 Å². The molecule has 4 aliphatic rings. The van der Waals surface area contributed by atoms with Crippen LogP contribution >= 0.6 is 11.3 Å². The Morgan fingerprint density at radius 1 is 1.03 bits per heavy atom. The molecule has 1 N–H and O–H groups in total. The number of amides is 1. The molecule has 0 spiro atoms. The van der Waals surface area contributed by atoms with Gasteiger partial charge in [-0.3, -0.25) is 14.5 Å². The normalized spacial score (nSPS) is 24.8. The number of fused-ring (bicyclic) bond motifs is 1. The smallest absolute Gasteiger partial charge is 0.255 e. The Balaban J connectivity index is 1.04. The summed E-state index contributed by atoms with van der Waals surface area (Å²) in [5.41, 5.74) is 4.54. The topological polar surface area (TPSA) is 65.6 Å². The predicted octanol–water partition coefficient (Wildman–Crippen LogP) is 4.77. The van der Waals surface area contributed by atoms with Crippen molar-refractivity contribution in [1.82, 2.24) is 14.8 Å². The van der Waals surface area contributed by atoms with Gasteiger partial charge < -0.3 is 14.6 Å². The molecule has 6 rings (SSSR count). The molecule has 6 nitrogen and oxygen atoms in total. The Labute approximate surface area is 224 Å². The van der Waals surface area contributed by atoms with Crippen LogP contribution in [0.15, 0.2) is 10.9 Å². The third kappa shape index (κ3) is 5.32. The number of H-pyrrole nitrogens is 1. The van der Waals surface area contributed by atoms with Gasteiger partial charge >= 0.3 is 0 Å². The first-order valence-electron chi connectivity index (χ1n) is 14.3. The molecule has 1 saturated heterocycles. The number of hydrogen-bond donors (Lipinski definition) is 1. The van der Waals surface area contributed by atoms with Gasteiger partial charge in [0.25, 0.3) is 11.5 Å². The third-order valence-corrected chi connectivity index (χ3v) is 10.6. The van der Waals surface area contributed by atoms with Crippen LogP contribution in [0.2, 0.25) is 0 Å². The minimum Gasteiger partial charge on any atom is -0.375 e. The van der Waals surface area contributed by atoms with E-state index in [0.717, 1.165) is 67.2 Å². The van der Waals surface area contributed by atoms with Gasteiger partial charge in [0.05, 0.1) is 18.2 Å². The van der Waals surface area contributed by atoms with Gasteiger partial charge in [0.1, 0.15) is 0 Å². The molecule has 2 aromatic heterocycles. The van der Waals surface area contributed by atoms with Crippen molar-refractivity contribution >= 4 is 17.2 Å². The first kappa shape index (κ1) is 25.3. The second-order valence-electron chi connectivity index (χ2n) is 12.1. The summed E-state index contributed by atoms with van der Waals surface area (Å²) in [6.45, 7) is 10.3. The lowest BCUT2D eigenvalue weighted by Crippen LogP contribution is -2.57. The lowest BCUT2D eigenvalue weighted by molar-refractivity contribution is -0.0816. The zero-order valence-corrected chi connectivity index (χ0v) is 23.4. The van der Waals surface area contributed by atoms with Crippen molar-refractivity contribution in [2.45, 2.75) is 90.8 Å². The molecule has 2 aliphatic carbocycles. The number of aryl methyl sites for hydroxylation is 2. The van der Waals surface area contributed by atoms with Crippen LogP contribution in [-0.2, 0) is 24.1 Å². The van der Waals surface area contributed by atoms with E-state index in [1.54, 1.807) is 0 Å². The highest BCUT2D eigenvalue weighted by molar-refractivity contribution is 7.12. The van der Waals surface area contributed by atoms with Crippen LogP contribution in [0, 0.1) is 32.6 Å². The summed E-state index contributed by atoms with van der Waals surface area (Å²) in [6.07, 6.45) is 10.4. The number of pyridine rings is 1. The van der Waals surface area contributed by atoms with E-state index in [-0.39, 0.29) is 11.5 Å². The average Bonchev–Trinajstić information content (AvgIpc) is 3.61. The number of rotatable bonds is 8. The minimum absolute atomic E-state index is 0.0750. The van der Waals surface area contributed by atoms with E-state index >= 15 is 0 Å². The van der Waals surface area contributed by atoms with Crippen LogP contribution in [-0.4, -0.2) is 59.1 Å². The number of likely N-dealkylation sites (tertiary alicyclic amines) is 1. The molecule has 2 aliphatic heterocycles. The molecular formula is C30H41N3O3S. The van der Waals surface area contributed by atoms with Gasteiger partial charge in [0.15, 0.2) is 0 Å². The summed E-state index contributed by atoms with van der Waals surface area (Å²) >= 11 is 1.87. The zero-order valence-electron chi connectivity index (χ0n) is 22.6. The monoisotopic (exact) mass is 523 g/mol. The highest BCUT2D eigenvalue weighted by Crippen LogP contribution is 2.38. The molecule has 37 heavy (non-hydrogen) atoms. The number of ether oxygens (including phenoxy) is 1. The van der Waals surface area contributed by atoms with Gasteiger partial charge in [-0.2, -0.15) is 0 Å². The molecule has 4 heterocycles. The number of nitrogens with zero attached hydrogens (tertiary/aromatic N) is 2. The summed E-state index contributed by atoms with van der Waals surface area (Å²) in [4.78, 5) is 36.1. The Morgan fingerprint density at radius 2 is 1.76 bits per heavy atom. The second-order valence-corrected chi connectivity index (χ2v) is 13.3. The number of hydrogen-bond acceptors (Lipinski definition) is 5. The van der Waals surface area contributed by atoms with E-state index < -0.39 is 0 Å². The molecule has 3 fully saturated rings. The highest BCUT2D eigenvalue weighted by atomic mass is 32.1. The molecular weight excluding hydrogens is 482 g/mol. The number of nitrogens with one attached hydrogen (secondary N) is 1. The predicted molar refractivity (Wildman–Crippen MR) is 148 cm³/mol. The van der Waals surface area contributed by atoms with E-state index in [0.29, 0.717) is 24.8 Å².